The lowest BCUT2D eigenvalue weighted by Gasteiger charge is -2.12. The molecule has 0 saturated carbocycles. The Morgan fingerprint density at radius 1 is 1.05 bits per heavy atom. The first-order valence-corrected chi connectivity index (χ1v) is 7.83. The molecule has 1 unspecified atom stereocenters. The van der Waals surface area contributed by atoms with Crippen molar-refractivity contribution in [2.45, 2.75) is 18.7 Å². The number of thioether (sulfide) groups is 1. The van der Waals surface area contributed by atoms with E-state index in [9.17, 15) is 0 Å². The molecular formula is C16H18ClNS. The highest BCUT2D eigenvalue weighted by Gasteiger charge is 2.05. The molecule has 2 aromatic carbocycles. The molecule has 2 rings (SSSR count). The predicted octanol–water partition coefficient (Wildman–Crippen LogP) is 4.58. The van der Waals surface area contributed by atoms with E-state index in [1.807, 2.05) is 23.9 Å². The second-order valence-corrected chi connectivity index (χ2v) is 6.13. The van der Waals surface area contributed by atoms with Gasteiger partial charge in [-0.25, -0.2) is 0 Å². The molecule has 3 heteroatoms. The third kappa shape index (κ3) is 4.57. The van der Waals surface area contributed by atoms with Crippen LogP contribution in [-0.2, 0) is 5.75 Å². The summed E-state index contributed by atoms with van der Waals surface area (Å²) in [5.74, 6) is 1.89. The van der Waals surface area contributed by atoms with Gasteiger partial charge in [-0.1, -0.05) is 53.6 Å². The molecule has 0 heterocycles. The lowest BCUT2D eigenvalue weighted by atomic mass is 10.1. The van der Waals surface area contributed by atoms with Crippen LogP contribution in [0, 0.1) is 6.92 Å². The van der Waals surface area contributed by atoms with Crippen molar-refractivity contribution in [2.75, 3.05) is 5.75 Å². The van der Waals surface area contributed by atoms with Crippen LogP contribution in [0.5, 0.6) is 0 Å². The van der Waals surface area contributed by atoms with Crippen LogP contribution in [0.25, 0.3) is 0 Å². The van der Waals surface area contributed by atoms with Gasteiger partial charge < -0.3 is 5.73 Å². The van der Waals surface area contributed by atoms with E-state index in [2.05, 4.69) is 43.3 Å². The van der Waals surface area contributed by atoms with Crippen LogP contribution < -0.4 is 5.73 Å². The minimum absolute atomic E-state index is 0.0953. The van der Waals surface area contributed by atoms with Crippen molar-refractivity contribution < 1.29 is 0 Å². The standard InChI is InChI=1S/C16H18ClNS/c1-12-2-6-14(7-3-12)16(18)11-19-10-13-4-8-15(17)9-5-13/h2-9,16H,10-11,18H2,1H3. The lowest BCUT2D eigenvalue weighted by molar-refractivity contribution is 0.830. The normalized spacial score (nSPS) is 12.4. The van der Waals surface area contributed by atoms with Gasteiger partial charge in [0.25, 0.3) is 0 Å². The largest absolute Gasteiger partial charge is 0.323 e. The smallest absolute Gasteiger partial charge is 0.0406 e. The Labute approximate surface area is 124 Å². The highest BCUT2D eigenvalue weighted by molar-refractivity contribution is 7.98. The fourth-order valence-electron chi connectivity index (χ4n) is 1.79. The van der Waals surface area contributed by atoms with E-state index in [0.717, 1.165) is 16.5 Å². The monoisotopic (exact) mass is 291 g/mol. The first-order chi connectivity index (χ1) is 9.15. The molecule has 0 aliphatic heterocycles. The highest BCUT2D eigenvalue weighted by atomic mass is 35.5. The van der Waals surface area contributed by atoms with E-state index in [-0.39, 0.29) is 6.04 Å². The van der Waals surface area contributed by atoms with Crippen LogP contribution >= 0.6 is 23.4 Å². The second kappa shape index (κ2) is 6.99. The number of nitrogens with two attached hydrogens (primary N) is 1. The van der Waals surface area contributed by atoms with E-state index < -0.39 is 0 Å². The molecule has 1 nitrogen and oxygen atoms in total. The van der Waals surface area contributed by atoms with Crippen LogP contribution in [0.4, 0.5) is 0 Å². The van der Waals surface area contributed by atoms with Gasteiger partial charge in [0.15, 0.2) is 0 Å². The summed E-state index contributed by atoms with van der Waals surface area (Å²) in [5.41, 5.74) is 9.95. The topological polar surface area (TPSA) is 26.0 Å². The molecule has 0 radical (unpaired) electrons. The summed E-state index contributed by atoms with van der Waals surface area (Å²) in [5, 5.41) is 0.783. The maximum Gasteiger partial charge on any atom is 0.0406 e. The third-order valence-corrected chi connectivity index (χ3v) is 4.37. The molecule has 0 fully saturated rings. The molecule has 0 aromatic heterocycles. The molecule has 2 N–H and O–H groups in total. The summed E-state index contributed by atoms with van der Waals surface area (Å²) < 4.78 is 0. The molecule has 0 amide bonds. The summed E-state index contributed by atoms with van der Waals surface area (Å²) in [6.07, 6.45) is 0. The second-order valence-electron chi connectivity index (χ2n) is 4.66. The van der Waals surface area contributed by atoms with Gasteiger partial charge in [-0.15, -0.1) is 0 Å². The van der Waals surface area contributed by atoms with E-state index >= 15 is 0 Å². The van der Waals surface area contributed by atoms with Gasteiger partial charge in [0, 0.05) is 22.6 Å². The average Bonchev–Trinajstić information content (AvgIpc) is 2.41. The van der Waals surface area contributed by atoms with Crippen molar-refractivity contribution >= 4 is 23.4 Å². The van der Waals surface area contributed by atoms with Crippen LogP contribution in [0.2, 0.25) is 5.02 Å². The first-order valence-electron chi connectivity index (χ1n) is 6.29. The van der Waals surface area contributed by atoms with Crippen molar-refractivity contribution in [3.05, 3.63) is 70.2 Å². The minimum Gasteiger partial charge on any atom is -0.323 e. The van der Waals surface area contributed by atoms with Crippen LogP contribution in [0.15, 0.2) is 48.5 Å². The van der Waals surface area contributed by atoms with Crippen molar-refractivity contribution in [3.8, 4) is 0 Å². The molecule has 19 heavy (non-hydrogen) atoms. The number of hydrogen-bond acceptors (Lipinski definition) is 2. The van der Waals surface area contributed by atoms with E-state index in [1.54, 1.807) is 0 Å². The Morgan fingerprint density at radius 2 is 1.68 bits per heavy atom. The number of hydrogen-bond donors (Lipinski definition) is 1. The maximum atomic E-state index is 6.19. The first kappa shape index (κ1) is 14.4. The summed E-state index contributed by atoms with van der Waals surface area (Å²) in [6.45, 7) is 2.09. The number of halogens is 1. The third-order valence-electron chi connectivity index (χ3n) is 2.98. The van der Waals surface area contributed by atoms with Crippen molar-refractivity contribution in [3.63, 3.8) is 0 Å². The number of benzene rings is 2. The van der Waals surface area contributed by atoms with Gasteiger partial charge in [0.1, 0.15) is 0 Å². The Morgan fingerprint density at radius 3 is 2.32 bits per heavy atom. The van der Waals surface area contributed by atoms with Gasteiger partial charge in [-0.05, 0) is 30.2 Å². The van der Waals surface area contributed by atoms with Gasteiger partial charge in [0.05, 0.1) is 0 Å². The summed E-state index contributed by atoms with van der Waals surface area (Å²) in [7, 11) is 0. The Balaban J connectivity index is 1.82. The van der Waals surface area contributed by atoms with Gasteiger partial charge in [-0.3, -0.25) is 0 Å². The van der Waals surface area contributed by atoms with Crippen molar-refractivity contribution in [1.29, 1.82) is 0 Å². The zero-order valence-corrected chi connectivity index (χ0v) is 12.5. The van der Waals surface area contributed by atoms with Crippen LogP contribution in [-0.4, -0.2) is 5.75 Å². The molecule has 0 aliphatic rings. The molecule has 0 spiro atoms. The average molecular weight is 292 g/mol. The molecule has 1 atom stereocenters. The Kier molecular flexibility index (Phi) is 5.32. The number of rotatable bonds is 5. The Hall–Kier alpha value is -0.960. The highest BCUT2D eigenvalue weighted by Crippen LogP contribution is 2.20. The molecule has 2 aromatic rings. The van der Waals surface area contributed by atoms with Crippen molar-refractivity contribution in [2.24, 2.45) is 5.73 Å². The van der Waals surface area contributed by atoms with Gasteiger partial charge in [0.2, 0.25) is 0 Å². The van der Waals surface area contributed by atoms with Crippen LogP contribution in [0.3, 0.4) is 0 Å². The Bertz CT molecular complexity index is 507. The van der Waals surface area contributed by atoms with Crippen molar-refractivity contribution in [1.82, 2.24) is 0 Å². The zero-order chi connectivity index (χ0) is 13.7. The van der Waals surface area contributed by atoms with Gasteiger partial charge in [-0.2, -0.15) is 11.8 Å². The quantitative estimate of drug-likeness (QED) is 0.872. The van der Waals surface area contributed by atoms with E-state index in [4.69, 9.17) is 17.3 Å². The molecule has 100 valence electrons. The van der Waals surface area contributed by atoms with Crippen LogP contribution in [0.1, 0.15) is 22.7 Å². The maximum absolute atomic E-state index is 6.19. The summed E-state index contributed by atoms with van der Waals surface area (Å²) in [6, 6.07) is 16.5. The molecule has 0 bridgehead atoms. The van der Waals surface area contributed by atoms with Gasteiger partial charge >= 0.3 is 0 Å². The SMILES string of the molecule is Cc1ccc(C(N)CSCc2ccc(Cl)cc2)cc1. The van der Waals surface area contributed by atoms with E-state index in [0.29, 0.717) is 0 Å². The summed E-state index contributed by atoms with van der Waals surface area (Å²) >= 11 is 7.71. The fraction of sp³-hybridized carbons (Fsp3) is 0.250. The lowest BCUT2D eigenvalue weighted by Crippen LogP contribution is -2.13. The summed E-state index contributed by atoms with van der Waals surface area (Å²) in [4.78, 5) is 0. The zero-order valence-electron chi connectivity index (χ0n) is 11.0. The number of aryl methyl sites for hydroxylation is 1. The minimum atomic E-state index is 0.0953. The molecule has 0 aliphatic carbocycles. The molecule has 0 saturated heterocycles. The molecular weight excluding hydrogens is 274 g/mol. The van der Waals surface area contributed by atoms with E-state index in [1.165, 1.54) is 16.7 Å². The predicted molar refractivity (Wildman–Crippen MR) is 85.7 cm³/mol. The fourth-order valence-corrected chi connectivity index (χ4v) is 2.91.